The van der Waals surface area contributed by atoms with Crippen LogP contribution in [0.3, 0.4) is 0 Å². The summed E-state index contributed by atoms with van der Waals surface area (Å²) in [5, 5.41) is 10.3. The zero-order chi connectivity index (χ0) is 18.0. The topological polar surface area (TPSA) is 71.4 Å². The van der Waals surface area contributed by atoms with Gasteiger partial charge in [-0.05, 0) is 62.4 Å². The van der Waals surface area contributed by atoms with Crippen LogP contribution < -0.4 is 0 Å². The van der Waals surface area contributed by atoms with Crippen LogP contribution in [0.25, 0.3) is 0 Å². The molecule has 0 aromatic carbocycles. The van der Waals surface area contributed by atoms with Crippen LogP contribution in [-0.2, 0) is 14.4 Å². The molecular formula is C21H28O4. The first-order chi connectivity index (χ1) is 11.8. The summed E-state index contributed by atoms with van der Waals surface area (Å²) in [5.74, 6) is 0.801. The molecule has 4 aliphatic carbocycles. The Hall–Kier alpha value is -1.29. The molecule has 4 aliphatic rings. The summed E-state index contributed by atoms with van der Waals surface area (Å²) in [6.07, 6.45) is 6.94. The number of carbonyl (C=O) groups excluding carboxylic acids is 3. The van der Waals surface area contributed by atoms with Crippen molar-refractivity contribution in [3.05, 3.63) is 11.6 Å². The number of aliphatic hydroxyl groups excluding tert-OH is 1. The highest BCUT2D eigenvalue weighted by atomic mass is 16.3. The molecule has 136 valence electrons. The summed E-state index contributed by atoms with van der Waals surface area (Å²) < 4.78 is 0. The summed E-state index contributed by atoms with van der Waals surface area (Å²) in [7, 11) is 0. The Kier molecular flexibility index (Phi) is 3.84. The monoisotopic (exact) mass is 344 g/mol. The van der Waals surface area contributed by atoms with E-state index in [9.17, 15) is 19.5 Å². The number of carbonyl (C=O) groups is 3. The molecule has 3 saturated carbocycles. The number of aliphatic hydroxyl groups is 1. The minimum Gasteiger partial charge on any atom is -0.396 e. The number of allylic oxidation sites excluding steroid dienone is 1. The van der Waals surface area contributed by atoms with E-state index in [4.69, 9.17) is 0 Å². The lowest BCUT2D eigenvalue weighted by atomic mass is 9.46. The second kappa shape index (κ2) is 5.60. The third kappa shape index (κ3) is 2.19. The van der Waals surface area contributed by atoms with Gasteiger partial charge in [0.05, 0.1) is 6.61 Å². The van der Waals surface area contributed by atoms with Crippen LogP contribution in [0.5, 0.6) is 0 Å². The van der Waals surface area contributed by atoms with E-state index < -0.39 is 5.41 Å². The second-order valence-electron chi connectivity index (χ2n) is 9.12. The first kappa shape index (κ1) is 17.1. The minimum absolute atomic E-state index is 0.0454. The molecule has 0 aliphatic heterocycles. The van der Waals surface area contributed by atoms with Crippen LogP contribution in [0.2, 0.25) is 0 Å². The molecule has 0 spiro atoms. The average molecular weight is 344 g/mol. The molecular weight excluding hydrogens is 316 g/mol. The summed E-state index contributed by atoms with van der Waals surface area (Å²) in [5.41, 5.74) is 0.423. The van der Waals surface area contributed by atoms with Gasteiger partial charge in [-0.25, -0.2) is 0 Å². The molecule has 0 amide bonds. The molecule has 4 nitrogen and oxygen atoms in total. The quantitative estimate of drug-likeness (QED) is 0.836. The normalized spacial score (nSPS) is 46.1. The zero-order valence-corrected chi connectivity index (χ0v) is 15.2. The number of rotatable bonds is 2. The van der Waals surface area contributed by atoms with Crippen LogP contribution in [0.1, 0.15) is 58.8 Å². The van der Waals surface area contributed by atoms with Crippen LogP contribution in [0.4, 0.5) is 0 Å². The van der Waals surface area contributed by atoms with E-state index in [1.807, 2.05) is 0 Å². The Bertz CT molecular complexity index is 677. The molecule has 25 heavy (non-hydrogen) atoms. The average Bonchev–Trinajstić information content (AvgIpc) is 2.95. The number of fused-ring (bicyclic) bond motifs is 5. The van der Waals surface area contributed by atoms with Crippen molar-refractivity contribution in [2.75, 3.05) is 6.61 Å². The van der Waals surface area contributed by atoms with Gasteiger partial charge in [0.1, 0.15) is 11.6 Å². The maximum atomic E-state index is 13.3. The Labute approximate surface area is 149 Å². The molecule has 0 saturated heterocycles. The van der Waals surface area contributed by atoms with Gasteiger partial charge in [0, 0.05) is 30.1 Å². The van der Waals surface area contributed by atoms with Gasteiger partial charge in [-0.15, -0.1) is 0 Å². The highest BCUT2D eigenvalue weighted by Crippen LogP contribution is 2.65. The predicted molar refractivity (Wildman–Crippen MR) is 92.7 cm³/mol. The van der Waals surface area contributed by atoms with Gasteiger partial charge in [0.25, 0.3) is 0 Å². The lowest BCUT2D eigenvalue weighted by molar-refractivity contribution is -0.153. The Morgan fingerprint density at radius 2 is 2.00 bits per heavy atom. The lowest BCUT2D eigenvalue weighted by Crippen LogP contribution is -2.57. The smallest absolute Gasteiger partial charge is 0.155 e. The Morgan fingerprint density at radius 1 is 1.24 bits per heavy atom. The highest BCUT2D eigenvalue weighted by molar-refractivity contribution is 5.93. The van der Waals surface area contributed by atoms with Crippen molar-refractivity contribution in [3.8, 4) is 0 Å². The summed E-state index contributed by atoms with van der Waals surface area (Å²) in [6, 6.07) is 0. The minimum atomic E-state index is -0.536. The van der Waals surface area contributed by atoms with Crippen molar-refractivity contribution < 1.29 is 19.5 Å². The van der Waals surface area contributed by atoms with Crippen molar-refractivity contribution in [2.45, 2.75) is 58.8 Å². The fourth-order valence-electron chi connectivity index (χ4n) is 7.08. The van der Waals surface area contributed by atoms with E-state index in [2.05, 4.69) is 6.92 Å². The van der Waals surface area contributed by atoms with Gasteiger partial charge in [0.2, 0.25) is 0 Å². The largest absolute Gasteiger partial charge is 0.396 e. The van der Waals surface area contributed by atoms with Crippen molar-refractivity contribution in [1.82, 2.24) is 0 Å². The molecule has 0 bridgehead atoms. The SMILES string of the molecule is CC(=O)[C@H]1CC[C@H]2[C@@H]3CCC4=CC(=O)CC[C@]4(C)[C@H]3C(=O)C[C@]12CO. The zero-order valence-electron chi connectivity index (χ0n) is 15.2. The van der Waals surface area contributed by atoms with Crippen LogP contribution in [0, 0.1) is 34.5 Å². The Morgan fingerprint density at radius 3 is 2.68 bits per heavy atom. The standard InChI is InChI=1S/C21H28O4/c1-12(23)16-5-6-17-15-4-3-13-9-14(24)7-8-20(13,2)19(15)18(25)10-21(16,17)11-22/h9,15-17,19,22H,3-8,10-11H2,1-2H3/t15-,16+,17-,19+,20-,21-/m0/s1. The molecule has 4 heteroatoms. The third-order valence-electron chi connectivity index (χ3n) is 8.17. The molecule has 3 fully saturated rings. The maximum Gasteiger partial charge on any atom is 0.155 e. The van der Waals surface area contributed by atoms with Crippen molar-refractivity contribution in [1.29, 1.82) is 0 Å². The van der Waals surface area contributed by atoms with Gasteiger partial charge in [-0.3, -0.25) is 14.4 Å². The summed E-state index contributed by atoms with van der Waals surface area (Å²) in [6.45, 7) is 3.72. The van der Waals surface area contributed by atoms with E-state index in [1.165, 1.54) is 0 Å². The van der Waals surface area contributed by atoms with E-state index in [1.54, 1.807) is 13.0 Å². The summed E-state index contributed by atoms with van der Waals surface area (Å²) >= 11 is 0. The molecule has 0 aromatic rings. The molecule has 0 unspecified atom stereocenters. The maximum absolute atomic E-state index is 13.3. The predicted octanol–water partition coefficient (Wildman–Crippen LogP) is 2.87. The number of ketones is 3. The summed E-state index contributed by atoms with van der Waals surface area (Å²) in [4.78, 5) is 37.4. The van der Waals surface area contributed by atoms with Crippen LogP contribution in [-0.4, -0.2) is 29.1 Å². The molecule has 0 heterocycles. The molecule has 4 rings (SSSR count). The molecule has 6 atom stereocenters. The second-order valence-corrected chi connectivity index (χ2v) is 9.12. The van der Waals surface area contributed by atoms with Crippen molar-refractivity contribution >= 4 is 17.3 Å². The van der Waals surface area contributed by atoms with E-state index in [0.717, 1.165) is 37.7 Å². The fourth-order valence-corrected chi connectivity index (χ4v) is 7.08. The molecule has 1 N–H and O–H groups in total. The Balaban J connectivity index is 1.76. The molecule has 0 aromatic heterocycles. The third-order valence-corrected chi connectivity index (χ3v) is 8.17. The van der Waals surface area contributed by atoms with Gasteiger partial charge in [0.15, 0.2) is 5.78 Å². The van der Waals surface area contributed by atoms with Crippen molar-refractivity contribution in [3.63, 3.8) is 0 Å². The van der Waals surface area contributed by atoms with E-state index >= 15 is 0 Å². The number of hydrogen-bond donors (Lipinski definition) is 1. The van der Waals surface area contributed by atoms with Gasteiger partial charge < -0.3 is 5.11 Å². The number of Topliss-reactive ketones (excluding diaryl/α,β-unsaturated/α-hetero) is 2. The number of hydrogen-bond acceptors (Lipinski definition) is 4. The van der Waals surface area contributed by atoms with Crippen LogP contribution in [0.15, 0.2) is 11.6 Å². The lowest BCUT2D eigenvalue weighted by Gasteiger charge is -2.57. The molecule has 0 radical (unpaired) electrons. The van der Waals surface area contributed by atoms with Gasteiger partial charge in [-0.2, -0.15) is 0 Å². The van der Waals surface area contributed by atoms with Crippen LogP contribution >= 0.6 is 0 Å². The van der Waals surface area contributed by atoms with Crippen molar-refractivity contribution in [2.24, 2.45) is 34.5 Å². The fraction of sp³-hybridized carbons (Fsp3) is 0.762. The van der Waals surface area contributed by atoms with E-state index in [-0.39, 0.29) is 53.0 Å². The van der Waals surface area contributed by atoms with Gasteiger partial charge in [-0.1, -0.05) is 12.5 Å². The highest BCUT2D eigenvalue weighted by Gasteiger charge is 2.64. The first-order valence-electron chi connectivity index (χ1n) is 9.71. The van der Waals surface area contributed by atoms with E-state index in [0.29, 0.717) is 12.8 Å². The van der Waals surface area contributed by atoms with Gasteiger partial charge >= 0.3 is 0 Å². The first-order valence-corrected chi connectivity index (χ1v) is 9.71.